The first-order valence-corrected chi connectivity index (χ1v) is 12.1. The minimum absolute atomic E-state index is 0.0498. The Hall–Kier alpha value is -3.66. The van der Waals surface area contributed by atoms with Crippen LogP contribution in [0, 0.1) is 17.0 Å². The van der Waals surface area contributed by atoms with Crippen molar-refractivity contribution in [1.82, 2.24) is 14.8 Å². The zero-order chi connectivity index (χ0) is 24.2. The number of nitrogens with one attached hydrogen (secondary N) is 2. The monoisotopic (exact) mass is 478 g/mol. The van der Waals surface area contributed by atoms with E-state index in [-0.39, 0.29) is 11.6 Å². The van der Waals surface area contributed by atoms with Gasteiger partial charge in [-0.05, 0) is 38.0 Å². The number of carbonyl (C=O) groups excluding carboxylic acids is 1. The molecule has 0 saturated heterocycles. The number of carbonyl (C=O) groups is 1. The van der Waals surface area contributed by atoms with E-state index in [1.807, 2.05) is 31.2 Å². The fourth-order valence-corrected chi connectivity index (χ4v) is 4.66. The van der Waals surface area contributed by atoms with Crippen molar-refractivity contribution < 1.29 is 9.72 Å². The highest BCUT2D eigenvalue weighted by Crippen LogP contribution is 2.37. The van der Waals surface area contributed by atoms with Crippen LogP contribution in [0.2, 0.25) is 0 Å². The highest BCUT2D eigenvalue weighted by atomic mass is 32.2. The number of rotatable bonds is 8. The van der Waals surface area contributed by atoms with Gasteiger partial charge in [0, 0.05) is 29.3 Å². The lowest BCUT2D eigenvalue weighted by Gasteiger charge is -2.28. The summed E-state index contributed by atoms with van der Waals surface area (Å²) in [5, 5.41) is 22.8. The number of hydrogen-bond donors (Lipinski definition) is 2. The number of thioether (sulfide) groups is 1. The third-order valence-electron chi connectivity index (χ3n) is 5.51. The van der Waals surface area contributed by atoms with Crippen molar-refractivity contribution in [3.63, 3.8) is 0 Å². The minimum atomic E-state index is -0.672. The fourth-order valence-electron chi connectivity index (χ4n) is 3.75. The van der Waals surface area contributed by atoms with Crippen molar-refractivity contribution in [2.75, 3.05) is 16.4 Å². The van der Waals surface area contributed by atoms with Gasteiger partial charge in [0.2, 0.25) is 11.1 Å². The van der Waals surface area contributed by atoms with Crippen molar-refractivity contribution >= 4 is 35.0 Å². The molecule has 0 fully saturated rings. The number of anilines is 2. The van der Waals surface area contributed by atoms with Crippen molar-refractivity contribution in [3.05, 3.63) is 81.0 Å². The highest BCUT2D eigenvalue weighted by molar-refractivity contribution is 7.99. The molecule has 9 nitrogen and oxygen atoms in total. The van der Waals surface area contributed by atoms with Crippen molar-refractivity contribution in [3.8, 4) is 0 Å². The Labute approximate surface area is 201 Å². The van der Waals surface area contributed by atoms with E-state index < -0.39 is 11.0 Å². The van der Waals surface area contributed by atoms with Crippen LogP contribution in [0.15, 0.2) is 65.0 Å². The van der Waals surface area contributed by atoms with Gasteiger partial charge in [-0.15, -0.1) is 5.10 Å². The number of aryl methyl sites for hydroxylation is 1. The normalized spacial score (nSPS) is 15.0. The molecule has 2 aromatic carbocycles. The largest absolute Gasteiger partial charge is 0.328 e. The van der Waals surface area contributed by atoms with Crippen LogP contribution in [0.1, 0.15) is 43.9 Å². The smallest absolute Gasteiger partial charge is 0.269 e. The molecule has 4 rings (SSSR count). The number of non-ortho nitro benzene ring substituents is 1. The summed E-state index contributed by atoms with van der Waals surface area (Å²) in [7, 11) is 0. The molecular formula is C24H26N6O3S. The van der Waals surface area contributed by atoms with E-state index in [9.17, 15) is 14.9 Å². The predicted molar refractivity (Wildman–Crippen MR) is 133 cm³/mol. The molecule has 1 aliphatic heterocycles. The Morgan fingerprint density at radius 1 is 1.24 bits per heavy atom. The molecule has 2 heterocycles. The number of nitro groups is 1. The molecule has 1 amide bonds. The first-order chi connectivity index (χ1) is 16.4. The van der Waals surface area contributed by atoms with Gasteiger partial charge in [-0.1, -0.05) is 54.9 Å². The second-order valence-corrected chi connectivity index (χ2v) is 9.17. The number of hydrogen-bond acceptors (Lipinski definition) is 7. The lowest BCUT2D eigenvalue weighted by molar-refractivity contribution is -0.384. The Bertz CT molecular complexity index is 1250. The SMILES string of the molecule is CCCCSc1nc2n(n1)C(c1cccc([N+](=O)[O-])c1)C(C(=O)Nc1ccc(C)cc1)=C(C)N2. The van der Waals surface area contributed by atoms with E-state index in [0.29, 0.717) is 33.6 Å². The van der Waals surface area contributed by atoms with Gasteiger partial charge < -0.3 is 10.6 Å². The Morgan fingerprint density at radius 2 is 2.00 bits per heavy atom. The van der Waals surface area contributed by atoms with Crippen molar-refractivity contribution in [2.24, 2.45) is 0 Å². The maximum atomic E-state index is 13.5. The molecule has 0 spiro atoms. The van der Waals surface area contributed by atoms with E-state index >= 15 is 0 Å². The number of nitrogens with zero attached hydrogens (tertiary/aromatic N) is 4. The molecule has 1 atom stereocenters. The second kappa shape index (κ2) is 10.1. The molecule has 0 saturated carbocycles. The Kier molecular flexibility index (Phi) is 6.97. The van der Waals surface area contributed by atoms with E-state index in [1.165, 1.54) is 12.1 Å². The van der Waals surface area contributed by atoms with Gasteiger partial charge in [0.1, 0.15) is 6.04 Å². The number of aromatic nitrogens is 3. The van der Waals surface area contributed by atoms with Gasteiger partial charge in [-0.3, -0.25) is 14.9 Å². The number of benzene rings is 2. The quantitative estimate of drug-likeness (QED) is 0.195. The summed E-state index contributed by atoms with van der Waals surface area (Å²) < 4.78 is 1.64. The van der Waals surface area contributed by atoms with Crippen LogP contribution >= 0.6 is 11.8 Å². The summed E-state index contributed by atoms with van der Waals surface area (Å²) in [5.74, 6) is 1.07. The first-order valence-electron chi connectivity index (χ1n) is 11.1. The molecule has 10 heteroatoms. The van der Waals surface area contributed by atoms with Crippen LogP contribution in [0.3, 0.4) is 0 Å². The summed E-state index contributed by atoms with van der Waals surface area (Å²) >= 11 is 1.55. The Balaban J connectivity index is 1.75. The predicted octanol–water partition coefficient (Wildman–Crippen LogP) is 5.31. The van der Waals surface area contributed by atoms with Crippen molar-refractivity contribution in [2.45, 2.75) is 44.8 Å². The Morgan fingerprint density at radius 3 is 2.71 bits per heavy atom. The van der Waals surface area contributed by atoms with Crippen LogP contribution in [0.4, 0.5) is 17.3 Å². The number of unbranched alkanes of at least 4 members (excludes halogenated alkanes) is 1. The minimum Gasteiger partial charge on any atom is -0.328 e. The molecule has 1 aromatic heterocycles. The molecule has 34 heavy (non-hydrogen) atoms. The third kappa shape index (κ3) is 4.96. The molecule has 3 aromatic rings. The third-order valence-corrected chi connectivity index (χ3v) is 6.44. The van der Waals surface area contributed by atoms with E-state index in [1.54, 1.807) is 35.5 Å². The van der Waals surface area contributed by atoms with Crippen LogP contribution < -0.4 is 10.6 Å². The molecular weight excluding hydrogens is 452 g/mol. The van der Waals surface area contributed by atoms with Gasteiger partial charge in [0.05, 0.1) is 10.5 Å². The number of allylic oxidation sites excluding steroid dienone is 1. The van der Waals surface area contributed by atoms with Gasteiger partial charge in [0.25, 0.3) is 11.6 Å². The van der Waals surface area contributed by atoms with Gasteiger partial charge in [-0.2, -0.15) is 4.98 Å². The molecule has 2 N–H and O–H groups in total. The molecule has 1 aliphatic rings. The molecule has 0 aliphatic carbocycles. The maximum Gasteiger partial charge on any atom is 0.269 e. The number of nitro benzene ring substituents is 1. The number of fused-ring (bicyclic) bond motifs is 1. The van der Waals surface area contributed by atoms with E-state index in [0.717, 1.165) is 24.2 Å². The average molecular weight is 479 g/mol. The van der Waals surface area contributed by atoms with Crippen LogP contribution in [0.25, 0.3) is 0 Å². The zero-order valence-electron chi connectivity index (χ0n) is 19.2. The van der Waals surface area contributed by atoms with Gasteiger partial charge in [-0.25, -0.2) is 4.68 Å². The second-order valence-electron chi connectivity index (χ2n) is 8.10. The fraction of sp³-hybridized carbons (Fsp3) is 0.292. The standard InChI is InChI=1S/C24H26N6O3S/c1-4-5-13-34-24-27-23-25-16(3)20(22(31)26-18-11-9-15(2)10-12-18)21(29(23)28-24)17-7-6-8-19(14-17)30(32)33/h6-12,14,21H,4-5,13H2,1-3H3,(H,26,31)(H,25,27,28). The lowest BCUT2D eigenvalue weighted by atomic mass is 9.94. The van der Waals surface area contributed by atoms with Crippen LogP contribution in [-0.2, 0) is 4.79 Å². The van der Waals surface area contributed by atoms with E-state index in [2.05, 4.69) is 27.6 Å². The van der Waals surface area contributed by atoms with Crippen molar-refractivity contribution in [1.29, 1.82) is 0 Å². The summed E-state index contributed by atoms with van der Waals surface area (Å²) in [6.07, 6.45) is 2.11. The van der Waals surface area contributed by atoms with E-state index in [4.69, 9.17) is 0 Å². The summed E-state index contributed by atoms with van der Waals surface area (Å²) in [6.45, 7) is 5.90. The molecule has 0 bridgehead atoms. The zero-order valence-corrected chi connectivity index (χ0v) is 20.1. The van der Waals surface area contributed by atoms with Gasteiger partial charge in [0.15, 0.2) is 0 Å². The summed E-state index contributed by atoms with van der Waals surface area (Å²) in [6, 6.07) is 13.1. The molecule has 1 unspecified atom stereocenters. The number of amides is 1. The molecule has 0 radical (unpaired) electrons. The maximum absolute atomic E-state index is 13.5. The van der Waals surface area contributed by atoms with Crippen LogP contribution in [-0.4, -0.2) is 31.3 Å². The highest BCUT2D eigenvalue weighted by Gasteiger charge is 2.35. The van der Waals surface area contributed by atoms with Crippen LogP contribution in [0.5, 0.6) is 0 Å². The topological polar surface area (TPSA) is 115 Å². The van der Waals surface area contributed by atoms with Gasteiger partial charge >= 0.3 is 0 Å². The average Bonchev–Trinajstić information content (AvgIpc) is 3.22. The lowest BCUT2D eigenvalue weighted by Crippen LogP contribution is -2.31. The first kappa shape index (κ1) is 23.5. The molecule has 176 valence electrons. The summed E-state index contributed by atoms with van der Waals surface area (Å²) in [5.41, 5.74) is 3.32. The summed E-state index contributed by atoms with van der Waals surface area (Å²) in [4.78, 5) is 29.1.